The molecule has 32 heavy (non-hydrogen) atoms. The molecule has 1 saturated heterocycles. The van der Waals surface area contributed by atoms with Gasteiger partial charge >= 0.3 is 5.69 Å². The molecule has 1 atom stereocenters. The first-order valence-corrected chi connectivity index (χ1v) is 10.5. The molecule has 1 aliphatic rings. The van der Waals surface area contributed by atoms with E-state index in [1.165, 1.54) is 16.7 Å². The van der Waals surface area contributed by atoms with Crippen LogP contribution in [0.2, 0.25) is 0 Å². The van der Waals surface area contributed by atoms with Crippen molar-refractivity contribution in [2.24, 2.45) is 0 Å². The normalized spacial score (nSPS) is 16.2. The Morgan fingerprint density at radius 1 is 1.16 bits per heavy atom. The lowest BCUT2D eigenvalue weighted by Gasteiger charge is -2.33. The number of aromatic nitrogens is 3. The summed E-state index contributed by atoms with van der Waals surface area (Å²) < 4.78 is 20.3. The second kappa shape index (κ2) is 9.40. The van der Waals surface area contributed by atoms with E-state index in [1.807, 2.05) is 12.1 Å². The molecular weight excluding hydrogens is 411 g/mol. The minimum Gasteiger partial charge on any atom is -0.368 e. The Morgan fingerprint density at radius 3 is 2.59 bits per heavy atom. The maximum atomic E-state index is 13.1. The molecule has 0 radical (unpaired) electrons. The molecule has 0 bridgehead atoms. The third-order valence-corrected chi connectivity index (χ3v) is 5.56. The van der Waals surface area contributed by atoms with Crippen molar-refractivity contribution in [1.29, 1.82) is 0 Å². The zero-order valence-corrected chi connectivity index (χ0v) is 18.1. The number of hydrogen-bond donors (Lipinski definition) is 0. The number of hydrogen-bond acceptors (Lipinski definition) is 5. The number of ether oxygens (including phenoxy) is 1. The highest BCUT2D eigenvalue weighted by Gasteiger charge is 2.26. The number of benzene rings is 1. The van der Waals surface area contributed by atoms with Crippen LogP contribution in [0.5, 0.6) is 0 Å². The van der Waals surface area contributed by atoms with E-state index in [2.05, 4.69) is 9.97 Å². The van der Waals surface area contributed by atoms with Gasteiger partial charge in [-0.3, -0.25) is 14.3 Å². The summed E-state index contributed by atoms with van der Waals surface area (Å²) in [5.41, 5.74) is 3.68. The first-order valence-electron chi connectivity index (χ1n) is 10.5. The molecule has 1 aliphatic heterocycles. The summed E-state index contributed by atoms with van der Waals surface area (Å²) in [4.78, 5) is 35.2. The molecule has 4 rings (SSSR count). The highest BCUT2D eigenvalue weighted by Crippen LogP contribution is 2.22. The van der Waals surface area contributed by atoms with E-state index in [4.69, 9.17) is 4.74 Å². The van der Waals surface area contributed by atoms with E-state index in [9.17, 15) is 14.0 Å². The molecule has 1 aromatic carbocycles. The van der Waals surface area contributed by atoms with Crippen molar-refractivity contribution < 1.29 is 13.9 Å². The van der Waals surface area contributed by atoms with Gasteiger partial charge in [-0.15, -0.1) is 0 Å². The third-order valence-electron chi connectivity index (χ3n) is 5.56. The molecule has 3 aromatic rings. The van der Waals surface area contributed by atoms with Gasteiger partial charge in [0, 0.05) is 24.1 Å². The average molecular weight is 436 g/mol. The Morgan fingerprint density at radius 2 is 1.91 bits per heavy atom. The molecule has 3 heterocycles. The fourth-order valence-corrected chi connectivity index (χ4v) is 3.83. The summed E-state index contributed by atoms with van der Waals surface area (Å²) in [6.07, 6.45) is 2.10. The van der Waals surface area contributed by atoms with E-state index >= 15 is 0 Å². The molecule has 2 aromatic heterocycles. The summed E-state index contributed by atoms with van der Waals surface area (Å²) in [5.74, 6) is -0.406. The highest BCUT2D eigenvalue weighted by molar-refractivity contribution is 5.76. The molecule has 8 heteroatoms. The smallest absolute Gasteiger partial charge is 0.348 e. The van der Waals surface area contributed by atoms with Crippen LogP contribution in [0.15, 0.2) is 53.5 Å². The summed E-state index contributed by atoms with van der Waals surface area (Å²) in [5, 5.41) is 0. The number of aryl methyl sites for hydroxylation is 2. The molecule has 0 spiro atoms. The third kappa shape index (κ3) is 5.08. The van der Waals surface area contributed by atoms with Gasteiger partial charge in [-0.25, -0.2) is 9.18 Å². The Bertz CT molecular complexity index is 1160. The number of amides is 1. The molecule has 1 fully saturated rings. The quantitative estimate of drug-likeness (QED) is 0.615. The van der Waals surface area contributed by atoms with Gasteiger partial charge in [0.1, 0.15) is 18.5 Å². The van der Waals surface area contributed by atoms with Crippen molar-refractivity contribution in [3.8, 4) is 0 Å². The van der Waals surface area contributed by atoms with E-state index in [0.717, 1.165) is 16.8 Å². The Balaban J connectivity index is 1.40. The molecule has 0 saturated carbocycles. The second-order valence-electron chi connectivity index (χ2n) is 8.00. The highest BCUT2D eigenvalue weighted by atomic mass is 19.1. The van der Waals surface area contributed by atoms with Crippen molar-refractivity contribution in [2.75, 3.05) is 19.7 Å². The Labute approximate surface area is 185 Å². The number of halogens is 1. The molecule has 7 nitrogen and oxygen atoms in total. The fraction of sp³-hybridized carbons (Fsp3) is 0.333. The predicted molar refractivity (Wildman–Crippen MR) is 117 cm³/mol. The number of rotatable bonds is 5. The largest absolute Gasteiger partial charge is 0.368 e. The molecule has 1 amide bonds. The SMILES string of the molecule is Cc1cc(C)n(CC(=O)N2CCO[C@H](c3ccc(Cc4ccc(F)cc4)cn3)C2)c(=O)n1. The van der Waals surface area contributed by atoms with E-state index in [-0.39, 0.29) is 24.4 Å². The van der Waals surface area contributed by atoms with Gasteiger partial charge in [0.15, 0.2) is 0 Å². The van der Waals surface area contributed by atoms with Crippen LogP contribution in [0.25, 0.3) is 0 Å². The lowest BCUT2D eigenvalue weighted by molar-refractivity contribution is -0.139. The van der Waals surface area contributed by atoms with Gasteiger partial charge < -0.3 is 9.64 Å². The van der Waals surface area contributed by atoms with Crippen LogP contribution in [0.4, 0.5) is 4.39 Å². The van der Waals surface area contributed by atoms with Crippen molar-refractivity contribution >= 4 is 5.91 Å². The van der Waals surface area contributed by atoms with Gasteiger partial charge in [0.25, 0.3) is 0 Å². The van der Waals surface area contributed by atoms with Crippen molar-refractivity contribution in [3.63, 3.8) is 0 Å². The van der Waals surface area contributed by atoms with Crippen LogP contribution < -0.4 is 5.69 Å². The number of carbonyl (C=O) groups is 1. The second-order valence-corrected chi connectivity index (χ2v) is 8.00. The van der Waals surface area contributed by atoms with Gasteiger partial charge in [-0.2, -0.15) is 4.98 Å². The van der Waals surface area contributed by atoms with E-state index in [0.29, 0.717) is 37.5 Å². The van der Waals surface area contributed by atoms with Crippen molar-refractivity contribution in [2.45, 2.75) is 32.9 Å². The van der Waals surface area contributed by atoms with Gasteiger partial charge in [0.05, 0.1) is 18.8 Å². The number of morpholine rings is 1. The van der Waals surface area contributed by atoms with Crippen LogP contribution in [0.3, 0.4) is 0 Å². The summed E-state index contributed by atoms with van der Waals surface area (Å²) in [6, 6.07) is 12.1. The van der Waals surface area contributed by atoms with Crippen LogP contribution in [-0.4, -0.2) is 45.0 Å². The van der Waals surface area contributed by atoms with Crippen LogP contribution in [-0.2, 0) is 22.5 Å². The minimum atomic E-state index is -0.418. The summed E-state index contributed by atoms with van der Waals surface area (Å²) in [6.45, 7) is 4.74. The Kier molecular flexibility index (Phi) is 6.41. The van der Waals surface area contributed by atoms with E-state index < -0.39 is 5.69 Å². The topological polar surface area (TPSA) is 77.3 Å². The standard InChI is InChI=1S/C24H25FN4O3/c1-16-11-17(2)29(24(31)27-16)15-23(30)28-9-10-32-22(14-28)21-8-5-19(13-26-21)12-18-3-6-20(25)7-4-18/h3-8,11,13,22H,9-10,12,14-15H2,1-2H3/t22-/m0/s1. The summed E-state index contributed by atoms with van der Waals surface area (Å²) in [7, 11) is 0. The maximum Gasteiger partial charge on any atom is 0.348 e. The lowest BCUT2D eigenvalue weighted by atomic mass is 10.1. The first-order chi connectivity index (χ1) is 15.4. The maximum absolute atomic E-state index is 13.1. The lowest BCUT2D eigenvalue weighted by Crippen LogP contribution is -2.45. The average Bonchev–Trinajstić information content (AvgIpc) is 2.78. The molecular formula is C24H25FN4O3. The van der Waals surface area contributed by atoms with E-state index in [1.54, 1.807) is 43.1 Å². The molecule has 166 valence electrons. The predicted octanol–water partition coefficient (Wildman–Crippen LogP) is 2.59. The molecule has 0 unspecified atom stereocenters. The number of carbonyl (C=O) groups excluding carboxylic acids is 1. The van der Waals surface area contributed by atoms with Gasteiger partial charge in [-0.05, 0) is 55.7 Å². The fourth-order valence-electron chi connectivity index (χ4n) is 3.83. The zero-order valence-electron chi connectivity index (χ0n) is 18.1. The minimum absolute atomic E-state index is 0.0469. The summed E-state index contributed by atoms with van der Waals surface area (Å²) >= 11 is 0. The number of pyridine rings is 1. The van der Waals surface area contributed by atoms with Gasteiger partial charge in [-0.1, -0.05) is 18.2 Å². The molecule has 0 N–H and O–H groups in total. The van der Waals surface area contributed by atoms with Crippen LogP contribution in [0, 0.1) is 19.7 Å². The van der Waals surface area contributed by atoms with Crippen molar-refractivity contribution in [3.05, 3.63) is 93.2 Å². The van der Waals surface area contributed by atoms with Gasteiger partial charge in [0.2, 0.25) is 5.91 Å². The van der Waals surface area contributed by atoms with Crippen molar-refractivity contribution in [1.82, 2.24) is 19.4 Å². The Hall–Kier alpha value is -3.39. The first kappa shape index (κ1) is 21.8. The monoisotopic (exact) mass is 436 g/mol. The van der Waals surface area contributed by atoms with Crippen LogP contribution in [0.1, 0.15) is 34.3 Å². The molecule has 0 aliphatic carbocycles. The van der Waals surface area contributed by atoms with Crippen LogP contribution >= 0.6 is 0 Å². The number of nitrogens with zero attached hydrogens (tertiary/aromatic N) is 4. The zero-order chi connectivity index (χ0) is 22.7.